The Morgan fingerprint density at radius 1 is 1.03 bits per heavy atom. The van der Waals surface area contributed by atoms with Crippen LogP contribution in [0.4, 0.5) is 14.5 Å². The van der Waals surface area contributed by atoms with Gasteiger partial charge in [-0.2, -0.15) is 8.78 Å². The molecular weight excluding hydrogens is 438 g/mol. The summed E-state index contributed by atoms with van der Waals surface area (Å²) in [6.45, 7) is -1.15. The summed E-state index contributed by atoms with van der Waals surface area (Å²) < 4.78 is 56.8. The van der Waals surface area contributed by atoms with Crippen LogP contribution in [0.5, 0.6) is 5.75 Å². The molecule has 168 valence electrons. The van der Waals surface area contributed by atoms with E-state index in [1.807, 2.05) is 6.92 Å². The molecule has 32 heavy (non-hydrogen) atoms. The Morgan fingerprint density at radius 2 is 1.72 bits per heavy atom. The number of carbonyl (C=O) groups is 1. The van der Waals surface area contributed by atoms with Crippen molar-refractivity contribution in [2.75, 3.05) is 11.4 Å². The number of para-hydroxylation sites is 1. The number of amides is 1. The van der Waals surface area contributed by atoms with Crippen LogP contribution in [0.15, 0.2) is 77.7 Å². The van der Waals surface area contributed by atoms with Crippen LogP contribution in [-0.2, 0) is 16.6 Å². The fraction of sp³-hybridized carbons (Fsp3) is 0.174. The largest absolute Gasteiger partial charge is 0.434 e. The van der Waals surface area contributed by atoms with Crippen molar-refractivity contribution in [3.8, 4) is 5.75 Å². The van der Waals surface area contributed by atoms with Crippen LogP contribution < -0.4 is 14.4 Å². The first-order valence-corrected chi connectivity index (χ1v) is 11.1. The topological polar surface area (TPSA) is 75.7 Å². The Morgan fingerprint density at radius 3 is 2.41 bits per heavy atom. The van der Waals surface area contributed by atoms with Crippen molar-refractivity contribution in [2.24, 2.45) is 0 Å². The summed E-state index contributed by atoms with van der Waals surface area (Å²) in [4.78, 5) is 12.6. The van der Waals surface area contributed by atoms with E-state index in [-0.39, 0.29) is 22.8 Å². The summed E-state index contributed by atoms with van der Waals surface area (Å²) >= 11 is 0. The summed E-state index contributed by atoms with van der Waals surface area (Å²) in [5, 5.41) is 2.60. The normalized spacial score (nSPS) is 11.3. The van der Waals surface area contributed by atoms with Gasteiger partial charge in [0.2, 0.25) is 0 Å². The number of benzene rings is 3. The Hall–Kier alpha value is -3.46. The molecular formula is C23H22F2N2O4S. The van der Waals surface area contributed by atoms with E-state index < -0.39 is 22.5 Å². The minimum absolute atomic E-state index is 0.0427. The van der Waals surface area contributed by atoms with E-state index in [4.69, 9.17) is 0 Å². The van der Waals surface area contributed by atoms with Gasteiger partial charge in [0.05, 0.1) is 10.6 Å². The molecule has 0 aliphatic heterocycles. The lowest BCUT2D eigenvalue weighted by molar-refractivity contribution is -0.0504. The summed E-state index contributed by atoms with van der Waals surface area (Å²) in [5.74, 6) is -0.592. The van der Waals surface area contributed by atoms with Crippen molar-refractivity contribution in [3.05, 3.63) is 89.5 Å². The summed E-state index contributed by atoms with van der Waals surface area (Å²) in [5.41, 5.74) is 1.97. The van der Waals surface area contributed by atoms with Gasteiger partial charge in [-0.25, -0.2) is 8.42 Å². The second-order valence-corrected chi connectivity index (χ2v) is 8.97. The summed E-state index contributed by atoms with van der Waals surface area (Å²) in [7, 11) is -2.46. The molecule has 6 nitrogen and oxygen atoms in total. The first kappa shape index (κ1) is 23.2. The molecule has 0 fully saturated rings. The molecule has 3 rings (SSSR count). The van der Waals surface area contributed by atoms with Crippen molar-refractivity contribution >= 4 is 21.6 Å². The number of anilines is 1. The van der Waals surface area contributed by atoms with E-state index in [0.29, 0.717) is 11.3 Å². The lowest BCUT2D eigenvalue weighted by Gasteiger charge is -2.20. The molecule has 0 radical (unpaired) electrons. The molecule has 3 aromatic carbocycles. The third-order valence-electron chi connectivity index (χ3n) is 4.78. The van der Waals surface area contributed by atoms with E-state index in [0.717, 1.165) is 9.87 Å². The Kier molecular flexibility index (Phi) is 7.09. The van der Waals surface area contributed by atoms with Crippen LogP contribution in [0.1, 0.15) is 21.5 Å². The third-order valence-corrected chi connectivity index (χ3v) is 6.56. The SMILES string of the molecule is Cc1ccc(N(C)S(=O)(=O)c2cccc(C(=O)NCc3ccccc3OC(F)F)c2)cc1. The molecule has 0 unspecified atom stereocenters. The molecule has 0 spiro atoms. The lowest BCUT2D eigenvalue weighted by Crippen LogP contribution is -2.27. The number of aryl methyl sites for hydroxylation is 1. The molecule has 0 aliphatic carbocycles. The predicted molar refractivity (Wildman–Crippen MR) is 117 cm³/mol. The summed E-state index contributed by atoms with van der Waals surface area (Å²) in [6.07, 6.45) is 0. The fourth-order valence-corrected chi connectivity index (χ4v) is 4.23. The molecule has 0 aliphatic rings. The number of nitrogens with zero attached hydrogens (tertiary/aromatic N) is 1. The van der Waals surface area contributed by atoms with Gasteiger partial charge in [0.15, 0.2) is 0 Å². The van der Waals surface area contributed by atoms with Crippen LogP contribution in [0.2, 0.25) is 0 Å². The second-order valence-electron chi connectivity index (χ2n) is 7.00. The van der Waals surface area contributed by atoms with Crippen LogP contribution in [0, 0.1) is 6.92 Å². The predicted octanol–water partition coefficient (Wildman–Crippen LogP) is 4.35. The number of hydrogen-bond acceptors (Lipinski definition) is 4. The van der Waals surface area contributed by atoms with Crippen molar-refractivity contribution in [3.63, 3.8) is 0 Å². The van der Waals surface area contributed by atoms with Gasteiger partial charge in [0.25, 0.3) is 15.9 Å². The average molecular weight is 461 g/mol. The second kappa shape index (κ2) is 9.78. The van der Waals surface area contributed by atoms with Crippen molar-refractivity contribution in [1.29, 1.82) is 0 Å². The maximum atomic E-state index is 13.0. The van der Waals surface area contributed by atoms with Crippen molar-refractivity contribution in [1.82, 2.24) is 5.32 Å². The van der Waals surface area contributed by atoms with Crippen molar-refractivity contribution in [2.45, 2.75) is 25.0 Å². The lowest BCUT2D eigenvalue weighted by atomic mass is 10.1. The Balaban J connectivity index is 1.77. The highest BCUT2D eigenvalue weighted by Crippen LogP contribution is 2.23. The Labute approximate surface area is 185 Å². The number of halogens is 2. The quantitative estimate of drug-likeness (QED) is 0.542. The number of sulfonamides is 1. The number of hydrogen-bond donors (Lipinski definition) is 1. The molecule has 3 aromatic rings. The van der Waals surface area contributed by atoms with Crippen molar-refractivity contribution < 1.29 is 26.7 Å². The minimum atomic E-state index is -3.90. The van der Waals surface area contributed by atoms with Gasteiger partial charge in [0, 0.05) is 24.7 Å². The highest BCUT2D eigenvalue weighted by molar-refractivity contribution is 7.92. The van der Waals surface area contributed by atoms with E-state index in [9.17, 15) is 22.0 Å². The van der Waals surface area contributed by atoms with E-state index in [2.05, 4.69) is 10.1 Å². The van der Waals surface area contributed by atoms with Crippen LogP contribution >= 0.6 is 0 Å². The zero-order chi connectivity index (χ0) is 23.3. The van der Waals surface area contributed by atoms with Crippen LogP contribution in [-0.4, -0.2) is 28.0 Å². The number of ether oxygens (including phenoxy) is 1. The zero-order valence-electron chi connectivity index (χ0n) is 17.5. The number of nitrogens with one attached hydrogen (secondary N) is 1. The van der Waals surface area contributed by atoms with E-state index in [1.54, 1.807) is 42.5 Å². The monoisotopic (exact) mass is 460 g/mol. The fourth-order valence-electron chi connectivity index (χ4n) is 2.99. The first-order chi connectivity index (χ1) is 15.2. The maximum Gasteiger partial charge on any atom is 0.387 e. The molecule has 0 aromatic heterocycles. The van der Waals surface area contributed by atoms with Gasteiger partial charge in [-0.15, -0.1) is 0 Å². The van der Waals surface area contributed by atoms with Gasteiger partial charge >= 0.3 is 6.61 Å². The molecule has 0 bridgehead atoms. The van der Waals surface area contributed by atoms with Crippen LogP contribution in [0.25, 0.3) is 0 Å². The molecule has 9 heteroatoms. The molecule has 1 N–H and O–H groups in total. The van der Waals surface area contributed by atoms with Crippen LogP contribution in [0.3, 0.4) is 0 Å². The molecule has 0 saturated carbocycles. The third kappa shape index (κ3) is 5.42. The van der Waals surface area contributed by atoms with Gasteiger partial charge in [-0.1, -0.05) is 42.0 Å². The molecule has 0 saturated heterocycles. The van der Waals surface area contributed by atoms with Gasteiger partial charge < -0.3 is 10.1 Å². The van der Waals surface area contributed by atoms with E-state index in [1.165, 1.54) is 37.4 Å². The molecule has 1 amide bonds. The summed E-state index contributed by atoms with van der Waals surface area (Å²) in [6, 6.07) is 18.7. The highest BCUT2D eigenvalue weighted by atomic mass is 32.2. The maximum absolute atomic E-state index is 13.0. The van der Waals surface area contributed by atoms with Gasteiger partial charge in [-0.3, -0.25) is 9.10 Å². The number of alkyl halides is 2. The molecule has 0 atom stereocenters. The average Bonchev–Trinajstić information content (AvgIpc) is 2.78. The molecule has 0 heterocycles. The first-order valence-electron chi connectivity index (χ1n) is 9.65. The minimum Gasteiger partial charge on any atom is -0.434 e. The van der Waals surface area contributed by atoms with Gasteiger partial charge in [0.1, 0.15) is 5.75 Å². The standard InChI is InChI=1S/C23H22F2N2O4S/c1-16-10-12-19(13-11-16)27(2)32(29,30)20-8-5-7-17(14-20)22(28)26-15-18-6-3-4-9-21(18)31-23(24)25/h3-14,23H,15H2,1-2H3,(H,26,28). The highest BCUT2D eigenvalue weighted by Gasteiger charge is 2.22. The zero-order valence-corrected chi connectivity index (χ0v) is 18.3. The smallest absolute Gasteiger partial charge is 0.387 e. The number of rotatable bonds is 8. The van der Waals surface area contributed by atoms with E-state index >= 15 is 0 Å². The Bertz CT molecular complexity index is 1200. The number of carbonyl (C=O) groups excluding carboxylic acids is 1. The van der Waals surface area contributed by atoms with Gasteiger partial charge in [-0.05, 0) is 43.3 Å².